The molecule has 1 heterocycles. The van der Waals surface area contributed by atoms with Crippen molar-refractivity contribution in [3.63, 3.8) is 0 Å². The van der Waals surface area contributed by atoms with Crippen LogP contribution in [0.2, 0.25) is 0 Å². The summed E-state index contributed by atoms with van der Waals surface area (Å²) in [6, 6.07) is 22.9. The average molecular weight is 454 g/mol. The van der Waals surface area contributed by atoms with Gasteiger partial charge in [-0.05, 0) is 64.1 Å². The van der Waals surface area contributed by atoms with Gasteiger partial charge in [0.1, 0.15) is 5.76 Å². The highest BCUT2D eigenvalue weighted by atomic mass is 127. The van der Waals surface area contributed by atoms with Crippen LogP contribution in [0.15, 0.2) is 77.2 Å². The lowest BCUT2D eigenvalue weighted by atomic mass is 9.92. The molecule has 0 aliphatic rings. The van der Waals surface area contributed by atoms with Crippen LogP contribution in [0, 0.1) is 15.1 Å². The maximum Gasteiger partial charge on any atom is 0.248 e. The first-order valence-electron chi connectivity index (χ1n) is 7.94. The minimum atomic E-state index is -0.331. The van der Waals surface area contributed by atoms with Gasteiger partial charge in [-0.1, -0.05) is 42.5 Å². The molecule has 1 amide bonds. The van der Waals surface area contributed by atoms with Gasteiger partial charge in [0.25, 0.3) is 0 Å². The zero-order valence-corrected chi connectivity index (χ0v) is 15.9. The van der Waals surface area contributed by atoms with Crippen LogP contribution in [0.4, 0.5) is 5.69 Å². The summed E-state index contributed by atoms with van der Waals surface area (Å²) in [6.45, 7) is 0. The normalized spacial score (nSPS) is 11.8. The minimum absolute atomic E-state index is 0.246. The molecule has 0 saturated carbocycles. The van der Waals surface area contributed by atoms with Crippen molar-refractivity contribution in [1.82, 2.24) is 0 Å². The second-order valence-corrected chi connectivity index (χ2v) is 6.62. The smallest absolute Gasteiger partial charge is 0.248 e. The standard InChI is InChI=1S/C21H15IN2O2/c22-20-12-10-18(26-20)11-13-21(25)24-17-8-6-16(7-9-17)19(14-23)15-4-2-1-3-5-15/h1-13,19H,(H,24,25)/b13-11+. The molecule has 1 aromatic heterocycles. The molecule has 4 nitrogen and oxygen atoms in total. The number of carbonyl (C=O) groups excluding carboxylic acids is 1. The summed E-state index contributed by atoms with van der Waals surface area (Å²) in [6.07, 6.45) is 3.04. The summed E-state index contributed by atoms with van der Waals surface area (Å²) in [5.74, 6) is 0.0472. The molecule has 3 rings (SSSR count). The van der Waals surface area contributed by atoms with E-state index in [2.05, 4.69) is 34.0 Å². The highest BCUT2D eigenvalue weighted by Crippen LogP contribution is 2.25. The van der Waals surface area contributed by atoms with Gasteiger partial charge in [0.2, 0.25) is 5.91 Å². The summed E-state index contributed by atoms with van der Waals surface area (Å²) in [4.78, 5) is 12.0. The Bertz CT molecular complexity index is 954. The number of nitrogens with one attached hydrogen (secondary N) is 1. The Morgan fingerprint density at radius 2 is 1.73 bits per heavy atom. The van der Waals surface area contributed by atoms with Crippen molar-refractivity contribution in [2.24, 2.45) is 0 Å². The molecular weight excluding hydrogens is 439 g/mol. The number of amides is 1. The van der Waals surface area contributed by atoms with E-state index in [-0.39, 0.29) is 11.8 Å². The van der Waals surface area contributed by atoms with Crippen LogP contribution in [-0.4, -0.2) is 5.91 Å². The van der Waals surface area contributed by atoms with Crippen LogP contribution in [-0.2, 0) is 4.79 Å². The van der Waals surface area contributed by atoms with Crippen molar-refractivity contribution in [2.75, 3.05) is 5.32 Å². The summed E-state index contributed by atoms with van der Waals surface area (Å²) in [7, 11) is 0. The number of halogens is 1. The van der Waals surface area contributed by atoms with Crippen molar-refractivity contribution in [3.8, 4) is 6.07 Å². The van der Waals surface area contributed by atoms with Gasteiger partial charge in [-0.25, -0.2) is 0 Å². The molecule has 1 N–H and O–H groups in total. The molecule has 5 heteroatoms. The summed E-state index contributed by atoms with van der Waals surface area (Å²) in [5.41, 5.74) is 2.50. The molecule has 0 saturated heterocycles. The highest BCUT2D eigenvalue weighted by Gasteiger charge is 2.12. The van der Waals surface area contributed by atoms with E-state index >= 15 is 0 Å². The number of rotatable bonds is 5. The number of hydrogen-bond acceptors (Lipinski definition) is 3. The number of carbonyl (C=O) groups is 1. The molecule has 1 unspecified atom stereocenters. The molecule has 1 atom stereocenters. The van der Waals surface area contributed by atoms with Gasteiger partial charge in [0.05, 0.1) is 12.0 Å². The number of benzene rings is 2. The van der Waals surface area contributed by atoms with Crippen LogP contribution < -0.4 is 5.32 Å². The fourth-order valence-electron chi connectivity index (χ4n) is 2.51. The highest BCUT2D eigenvalue weighted by molar-refractivity contribution is 14.1. The molecule has 0 spiro atoms. The Morgan fingerprint density at radius 1 is 1.04 bits per heavy atom. The third-order valence-corrected chi connectivity index (χ3v) is 4.35. The lowest BCUT2D eigenvalue weighted by molar-refractivity contribution is -0.111. The van der Waals surface area contributed by atoms with Crippen molar-refractivity contribution < 1.29 is 9.21 Å². The van der Waals surface area contributed by atoms with Crippen molar-refractivity contribution >= 4 is 40.3 Å². The van der Waals surface area contributed by atoms with Crippen LogP contribution >= 0.6 is 22.6 Å². The molecular formula is C21H15IN2O2. The van der Waals surface area contributed by atoms with Gasteiger partial charge in [-0.3, -0.25) is 4.79 Å². The third kappa shape index (κ3) is 4.61. The second kappa shape index (κ2) is 8.50. The molecule has 26 heavy (non-hydrogen) atoms. The van der Waals surface area contributed by atoms with Gasteiger partial charge in [-0.2, -0.15) is 5.26 Å². The van der Waals surface area contributed by atoms with Crippen molar-refractivity contribution in [2.45, 2.75) is 5.92 Å². The largest absolute Gasteiger partial charge is 0.451 e. The first-order chi connectivity index (χ1) is 12.7. The first kappa shape index (κ1) is 18.0. The molecule has 0 aliphatic heterocycles. The molecule has 0 bridgehead atoms. The SMILES string of the molecule is N#CC(c1ccccc1)c1ccc(NC(=O)/C=C/c2ccc(I)o2)cc1. The third-order valence-electron chi connectivity index (χ3n) is 3.77. The Balaban J connectivity index is 1.66. The molecule has 2 aromatic carbocycles. The molecule has 0 radical (unpaired) electrons. The number of nitrogens with zero attached hydrogens (tertiary/aromatic N) is 1. The van der Waals surface area contributed by atoms with E-state index in [0.717, 1.165) is 14.9 Å². The van der Waals surface area contributed by atoms with Crippen LogP contribution in [0.25, 0.3) is 6.08 Å². The predicted octanol–water partition coefficient (Wildman–Crippen LogP) is 5.19. The summed E-state index contributed by atoms with van der Waals surface area (Å²) in [5, 5.41) is 12.3. The second-order valence-electron chi connectivity index (χ2n) is 5.56. The van der Waals surface area contributed by atoms with Gasteiger partial charge in [-0.15, -0.1) is 0 Å². The van der Waals surface area contributed by atoms with E-state index in [9.17, 15) is 10.1 Å². The Labute approximate surface area is 165 Å². The zero-order valence-electron chi connectivity index (χ0n) is 13.7. The van der Waals surface area contributed by atoms with Crippen molar-refractivity contribution in [1.29, 1.82) is 5.26 Å². The van der Waals surface area contributed by atoms with E-state index < -0.39 is 0 Å². The van der Waals surface area contributed by atoms with E-state index in [1.54, 1.807) is 24.3 Å². The Kier molecular flexibility index (Phi) is 5.87. The molecule has 128 valence electrons. The monoisotopic (exact) mass is 454 g/mol. The first-order valence-corrected chi connectivity index (χ1v) is 9.02. The minimum Gasteiger partial charge on any atom is -0.451 e. The molecule has 3 aromatic rings. The Morgan fingerprint density at radius 3 is 2.35 bits per heavy atom. The molecule has 0 fully saturated rings. The number of hydrogen-bond donors (Lipinski definition) is 1. The summed E-state index contributed by atoms with van der Waals surface area (Å²) < 4.78 is 6.14. The number of anilines is 1. The Hall–Kier alpha value is -2.85. The maximum atomic E-state index is 12.0. The van der Waals surface area contributed by atoms with E-state index in [4.69, 9.17) is 4.42 Å². The van der Waals surface area contributed by atoms with Crippen LogP contribution in [0.5, 0.6) is 0 Å². The summed E-state index contributed by atoms with van der Waals surface area (Å²) >= 11 is 2.07. The lowest BCUT2D eigenvalue weighted by Gasteiger charge is -2.11. The van der Waals surface area contributed by atoms with Gasteiger partial charge >= 0.3 is 0 Å². The van der Waals surface area contributed by atoms with Gasteiger partial charge in [0, 0.05) is 11.8 Å². The topological polar surface area (TPSA) is 66.0 Å². The van der Waals surface area contributed by atoms with Crippen LogP contribution in [0.1, 0.15) is 22.8 Å². The number of furan rings is 1. The maximum absolute atomic E-state index is 12.0. The predicted molar refractivity (Wildman–Crippen MR) is 109 cm³/mol. The molecule has 0 aliphatic carbocycles. The van der Waals surface area contributed by atoms with E-state index in [1.807, 2.05) is 48.5 Å². The quantitative estimate of drug-likeness (QED) is 0.426. The van der Waals surface area contributed by atoms with Gasteiger partial charge < -0.3 is 9.73 Å². The van der Waals surface area contributed by atoms with Gasteiger partial charge in [0.15, 0.2) is 3.77 Å². The fourth-order valence-corrected chi connectivity index (χ4v) is 2.94. The lowest BCUT2D eigenvalue weighted by Crippen LogP contribution is -2.08. The van der Waals surface area contributed by atoms with E-state index in [0.29, 0.717) is 11.4 Å². The van der Waals surface area contributed by atoms with Crippen molar-refractivity contribution in [3.05, 3.63) is 93.5 Å². The number of nitriles is 1. The van der Waals surface area contributed by atoms with E-state index in [1.165, 1.54) is 6.08 Å². The van der Waals surface area contributed by atoms with Crippen LogP contribution in [0.3, 0.4) is 0 Å². The zero-order chi connectivity index (χ0) is 18.4. The fraction of sp³-hybridized carbons (Fsp3) is 0.0476. The average Bonchev–Trinajstić information content (AvgIpc) is 3.08.